The van der Waals surface area contributed by atoms with E-state index in [9.17, 15) is 0 Å². The number of hydrogen-bond donors (Lipinski definition) is 2. The minimum atomic E-state index is 0. The summed E-state index contributed by atoms with van der Waals surface area (Å²) < 4.78 is 5.30. The molecule has 118 valence electrons. The van der Waals surface area contributed by atoms with Gasteiger partial charge in [0.05, 0.1) is 19.8 Å². The van der Waals surface area contributed by atoms with Gasteiger partial charge in [-0.3, -0.25) is 14.9 Å². The number of guanidine groups is 1. The molecule has 0 saturated carbocycles. The SMILES string of the molecule is I.NC(=NCCN1CCOCC1)NCCc1ccccn1. The van der Waals surface area contributed by atoms with Gasteiger partial charge in [-0.1, -0.05) is 6.07 Å². The Morgan fingerprint density at radius 2 is 2.19 bits per heavy atom. The minimum Gasteiger partial charge on any atom is -0.379 e. The van der Waals surface area contributed by atoms with Crippen molar-refractivity contribution in [1.82, 2.24) is 15.2 Å². The number of nitrogens with zero attached hydrogens (tertiary/aromatic N) is 3. The highest BCUT2D eigenvalue weighted by Crippen LogP contribution is 1.95. The first-order valence-electron chi connectivity index (χ1n) is 7.08. The molecule has 2 heterocycles. The third-order valence-corrected chi connectivity index (χ3v) is 3.22. The van der Waals surface area contributed by atoms with Gasteiger partial charge < -0.3 is 15.8 Å². The lowest BCUT2D eigenvalue weighted by Gasteiger charge is -2.25. The summed E-state index contributed by atoms with van der Waals surface area (Å²) in [6.07, 6.45) is 2.65. The van der Waals surface area contributed by atoms with E-state index >= 15 is 0 Å². The Labute approximate surface area is 143 Å². The van der Waals surface area contributed by atoms with E-state index in [2.05, 4.69) is 20.2 Å². The highest BCUT2D eigenvalue weighted by molar-refractivity contribution is 14.0. The second kappa shape index (κ2) is 10.7. The monoisotopic (exact) mass is 405 g/mol. The van der Waals surface area contributed by atoms with Crippen molar-refractivity contribution in [3.63, 3.8) is 0 Å². The van der Waals surface area contributed by atoms with E-state index in [1.807, 2.05) is 18.2 Å². The van der Waals surface area contributed by atoms with Gasteiger partial charge in [-0.2, -0.15) is 0 Å². The largest absolute Gasteiger partial charge is 0.379 e. The molecule has 7 heteroatoms. The quantitative estimate of drug-likeness (QED) is 0.409. The smallest absolute Gasteiger partial charge is 0.188 e. The van der Waals surface area contributed by atoms with Gasteiger partial charge in [0, 0.05) is 44.5 Å². The molecule has 0 amide bonds. The number of pyridine rings is 1. The Bertz CT molecular complexity index is 409. The number of aromatic nitrogens is 1. The molecule has 0 aromatic carbocycles. The van der Waals surface area contributed by atoms with Crippen molar-refractivity contribution >= 4 is 29.9 Å². The van der Waals surface area contributed by atoms with Crippen molar-refractivity contribution in [1.29, 1.82) is 0 Å². The Morgan fingerprint density at radius 1 is 1.38 bits per heavy atom. The maximum Gasteiger partial charge on any atom is 0.188 e. The molecule has 1 fully saturated rings. The van der Waals surface area contributed by atoms with E-state index < -0.39 is 0 Å². The van der Waals surface area contributed by atoms with Crippen LogP contribution >= 0.6 is 24.0 Å². The highest BCUT2D eigenvalue weighted by atomic mass is 127. The maximum atomic E-state index is 5.83. The molecule has 0 radical (unpaired) electrons. The first-order chi connectivity index (χ1) is 9.84. The molecule has 0 bridgehead atoms. The molecule has 0 spiro atoms. The number of nitrogens with one attached hydrogen (secondary N) is 1. The van der Waals surface area contributed by atoms with Crippen LogP contribution in [0.2, 0.25) is 0 Å². The topological polar surface area (TPSA) is 75.8 Å². The molecule has 1 aromatic heterocycles. The van der Waals surface area contributed by atoms with Crippen molar-refractivity contribution in [2.75, 3.05) is 45.9 Å². The van der Waals surface area contributed by atoms with Crippen LogP contribution in [-0.4, -0.2) is 61.8 Å². The number of halogens is 1. The van der Waals surface area contributed by atoms with E-state index in [0.29, 0.717) is 5.96 Å². The van der Waals surface area contributed by atoms with Crippen LogP contribution in [0.15, 0.2) is 29.4 Å². The second-order valence-electron chi connectivity index (χ2n) is 4.72. The van der Waals surface area contributed by atoms with Crippen molar-refractivity contribution in [2.24, 2.45) is 10.7 Å². The molecule has 6 nitrogen and oxygen atoms in total. The van der Waals surface area contributed by atoms with Gasteiger partial charge in [0.2, 0.25) is 0 Å². The molecule has 0 unspecified atom stereocenters. The fourth-order valence-corrected chi connectivity index (χ4v) is 2.06. The van der Waals surface area contributed by atoms with E-state index in [1.165, 1.54) is 0 Å². The molecule has 1 aromatic rings. The average Bonchev–Trinajstić information content (AvgIpc) is 2.49. The van der Waals surface area contributed by atoms with Gasteiger partial charge in [-0.15, -0.1) is 24.0 Å². The molecular weight excluding hydrogens is 381 g/mol. The van der Waals surface area contributed by atoms with Crippen LogP contribution in [0.5, 0.6) is 0 Å². The summed E-state index contributed by atoms with van der Waals surface area (Å²) in [7, 11) is 0. The highest BCUT2D eigenvalue weighted by Gasteiger charge is 2.08. The van der Waals surface area contributed by atoms with E-state index in [4.69, 9.17) is 10.5 Å². The number of nitrogens with two attached hydrogens (primary N) is 1. The van der Waals surface area contributed by atoms with Crippen molar-refractivity contribution < 1.29 is 4.74 Å². The first-order valence-corrected chi connectivity index (χ1v) is 7.08. The van der Waals surface area contributed by atoms with Crippen LogP contribution in [0.25, 0.3) is 0 Å². The van der Waals surface area contributed by atoms with Crippen LogP contribution < -0.4 is 11.1 Å². The summed E-state index contributed by atoms with van der Waals surface area (Å²) in [6, 6.07) is 5.91. The summed E-state index contributed by atoms with van der Waals surface area (Å²) in [5.41, 5.74) is 6.89. The lowest BCUT2D eigenvalue weighted by atomic mass is 10.3. The number of ether oxygens (including phenoxy) is 1. The van der Waals surface area contributed by atoms with Crippen LogP contribution in [0.4, 0.5) is 0 Å². The fraction of sp³-hybridized carbons (Fsp3) is 0.571. The van der Waals surface area contributed by atoms with E-state index in [1.54, 1.807) is 6.20 Å². The Morgan fingerprint density at radius 3 is 2.90 bits per heavy atom. The predicted molar refractivity (Wildman–Crippen MR) is 95.1 cm³/mol. The summed E-state index contributed by atoms with van der Waals surface area (Å²) >= 11 is 0. The first kappa shape index (κ1) is 18.1. The summed E-state index contributed by atoms with van der Waals surface area (Å²) in [5.74, 6) is 0.509. The molecule has 1 aliphatic rings. The molecule has 21 heavy (non-hydrogen) atoms. The van der Waals surface area contributed by atoms with Crippen LogP contribution in [0.1, 0.15) is 5.69 Å². The van der Waals surface area contributed by atoms with Gasteiger partial charge in [0.1, 0.15) is 0 Å². The van der Waals surface area contributed by atoms with Crippen LogP contribution in [-0.2, 0) is 11.2 Å². The minimum absolute atomic E-state index is 0. The fourth-order valence-electron chi connectivity index (χ4n) is 2.06. The number of hydrogen-bond acceptors (Lipinski definition) is 4. The Balaban J connectivity index is 0.00000220. The van der Waals surface area contributed by atoms with Gasteiger partial charge in [0.25, 0.3) is 0 Å². The summed E-state index contributed by atoms with van der Waals surface area (Å²) in [4.78, 5) is 10.9. The van der Waals surface area contributed by atoms with Crippen molar-refractivity contribution in [3.8, 4) is 0 Å². The Kier molecular flexibility index (Phi) is 9.27. The second-order valence-corrected chi connectivity index (χ2v) is 4.72. The molecule has 1 aliphatic heterocycles. The van der Waals surface area contributed by atoms with E-state index in [0.717, 1.165) is 58.1 Å². The Hall–Kier alpha value is -0.930. The zero-order valence-corrected chi connectivity index (χ0v) is 14.5. The van der Waals surface area contributed by atoms with Gasteiger partial charge in [0.15, 0.2) is 5.96 Å². The van der Waals surface area contributed by atoms with Gasteiger partial charge in [-0.05, 0) is 12.1 Å². The third kappa shape index (κ3) is 7.58. The summed E-state index contributed by atoms with van der Waals surface area (Å²) in [6.45, 7) is 6.03. The molecule has 1 saturated heterocycles. The molecule has 0 atom stereocenters. The van der Waals surface area contributed by atoms with Gasteiger partial charge in [-0.25, -0.2) is 0 Å². The van der Waals surface area contributed by atoms with Crippen molar-refractivity contribution in [3.05, 3.63) is 30.1 Å². The van der Waals surface area contributed by atoms with E-state index in [-0.39, 0.29) is 24.0 Å². The number of morpholine rings is 1. The molecular formula is C14H24IN5O. The number of rotatable bonds is 6. The zero-order valence-electron chi connectivity index (χ0n) is 12.2. The average molecular weight is 405 g/mol. The normalized spacial score (nSPS) is 16.3. The lowest BCUT2D eigenvalue weighted by molar-refractivity contribution is 0.0394. The molecule has 2 rings (SSSR count). The predicted octanol–water partition coefficient (Wildman–Crippen LogP) is 0.479. The van der Waals surface area contributed by atoms with Crippen LogP contribution in [0, 0.1) is 0 Å². The molecule has 3 N–H and O–H groups in total. The maximum absolute atomic E-state index is 5.83. The lowest BCUT2D eigenvalue weighted by Crippen LogP contribution is -2.39. The third-order valence-electron chi connectivity index (χ3n) is 3.22. The zero-order chi connectivity index (χ0) is 14.0. The van der Waals surface area contributed by atoms with Gasteiger partial charge >= 0.3 is 0 Å². The summed E-state index contributed by atoms with van der Waals surface area (Å²) in [5, 5.41) is 3.11. The number of aliphatic imine (C=N–C) groups is 1. The molecule has 0 aliphatic carbocycles. The van der Waals surface area contributed by atoms with Crippen molar-refractivity contribution in [2.45, 2.75) is 6.42 Å². The van der Waals surface area contributed by atoms with Crippen LogP contribution in [0.3, 0.4) is 0 Å². The standard InChI is InChI=1S/C14H23N5O.HI/c15-14(17-6-4-13-3-1-2-5-16-13)18-7-8-19-9-11-20-12-10-19;/h1-3,5H,4,6-12H2,(H3,15,17,18);1H.